The lowest BCUT2D eigenvalue weighted by Gasteiger charge is -2.32. The van der Waals surface area contributed by atoms with Gasteiger partial charge in [0.2, 0.25) is 0 Å². The molecular formula is C10H21N. The van der Waals surface area contributed by atoms with Gasteiger partial charge in [-0.15, -0.1) is 0 Å². The summed E-state index contributed by atoms with van der Waals surface area (Å²) in [6, 6.07) is 0.873. The molecule has 0 radical (unpaired) electrons. The van der Waals surface area contributed by atoms with Gasteiger partial charge in [0.05, 0.1) is 0 Å². The molecule has 0 N–H and O–H groups in total. The van der Waals surface area contributed by atoms with Crippen molar-refractivity contribution in [2.75, 3.05) is 14.1 Å². The molecule has 1 rings (SSSR count). The van der Waals surface area contributed by atoms with Crippen molar-refractivity contribution < 1.29 is 0 Å². The van der Waals surface area contributed by atoms with E-state index >= 15 is 0 Å². The topological polar surface area (TPSA) is 3.24 Å². The first-order chi connectivity index (χ1) is 5.24. The zero-order valence-corrected chi connectivity index (χ0v) is 8.14. The normalized spacial score (nSPS) is 32.7. The third kappa shape index (κ3) is 2.48. The number of hydrogen-bond donors (Lipinski definition) is 0. The van der Waals surface area contributed by atoms with Crippen molar-refractivity contribution in [3.05, 3.63) is 0 Å². The minimum atomic E-state index is 0.873. The Morgan fingerprint density at radius 1 is 1.09 bits per heavy atom. The zero-order valence-electron chi connectivity index (χ0n) is 8.14. The molecule has 1 nitrogen and oxygen atoms in total. The summed E-state index contributed by atoms with van der Waals surface area (Å²) in [6.07, 6.45) is 7.15. The molecule has 0 spiro atoms. The summed E-state index contributed by atoms with van der Waals surface area (Å²) in [5.74, 6) is 1.03. The summed E-state index contributed by atoms with van der Waals surface area (Å²) in [5, 5.41) is 0. The summed E-state index contributed by atoms with van der Waals surface area (Å²) in [4.78, 5) is 2.38. The lowest BCUT2D eigenvalue weighted by atomic mass is 9.84. The van der Waals surface area contributed by atoms with Crippen LogP contribution in [0.1, 0.15) is 39.0 Å². The monoisotopic (exact) mass is 155 g/mol. The van der Waals surface area contributed by atoms with Crippen LogP contribution in [0, 0.1) is 5.92 Å². The van der Waals surface area contributed by atoms with Gasteiger partial charge in [0.25, 0.3) is 0 Å². The van der Waals surface area contributed by atoms with Gasteiger partial charge in [-0.05, 0) is 45.7 Å². The summed E-state index contributed by atoms with van der Waals surface area (Å²) in [5.41, 5.74) is 0. The Morgan fingerprint density at radius 2 is 1.64 bits per heavy atom. The van der Waals surface area contributed by atoms with Crippen LogP contribution in [0.5, 0.6) is 0 Å². The highest BCUT2D eigenvalue weighted by Crippen LogP contribution is 2.28. The Bertz CT molecular complexity index is 101. The lowest BCUT2D eigenvalue weighted by Crippen LogP contribution is -2.31. The molecule has 1 saturated carbocycles. The molecule has 0 unspecified atom stereocenters. The van der Waals surface area contributed by atoms with Crippen LogP contribution in [0.3, 0.4) is 0 Å². The third-order valence-corrected chi connectivity index (χ3v) is 3.12. The molecule has 0 atom stereocenters. The lowest BCUT2D eigenvalue weighted by molar-refractivity contribution is 0.191. The van der Waals surface area contributed by atoms with Crippen molar-refractivity contribution >= 4 is 0 Å². The van der Waals surface area contributed by atoms with Crippen molar-refractivity contribution in [1.29, 1.82) is 0 Å². The third-order valence-electron chi connectivity index (χ3n) is 3.12. The molecule has 0 saturated heterocycles. The fourth-order valence-corrected chi connectivity index (χ4v) is 2.07. The standard InChI is InChI=1S/C10H21N/c1-4-9-5-7-10(8-6-9)11(2)3/h9-10H,4-8H2,1-3H3. The van der Waals surface area contributed by atoms with Crippen molar-refractivity contribution in [2.45, 2.75) is 45.1 Å². The molecule has 0 aliphatic heterocycles. The van der Waals surface area contributed by atoms with E-state index in [0.29, 0.717) is 0 Å². The van der Waals surface area contributed by atoms with Crippen molar-refractivity contribution in [3.63, 3.8) is 0 Å². The predicted octanol–water partition coefficient (Wildman–Crippen LogP) is 2.52. The second kappa shape index (κ2) is 4.10. The Hall–Kier alpha value is -0.0400. The first-order valence-electron chi connectivity index (χ1n) is 4.90. The van der Waals surface area contributed by atoms with Gasteiger partial charge >= 0.3 is 0 Å². The minimum Gasteiger partial charge on any atom is -0.306 e. The van der Waals surface area contributed by atoms with E-state index in [2.05, 4.69) is 25.9 Å². The predicted molar refractivity (Wildman–Crippen MR) is 49.7 cm³/mol. The van der Waals surface area contributed by atoms with Gasteiger partial charge in [0.1, 0.15) is 0 Å². The first kappa shape index (κ1) is 9.05. The summed E-state index contributed by atoms with van der Waals surface area (Å²) in [7, 11) is 4.41. The quantitative estimate of drug-likeness (QED) is 0.592. The highest BCUT2D eigenvalue weighted by Gasteiger charge is 2.20. The van der Waals surface area contributed by atoms with Gasteiger partial charge in [-0.1, -0.05) is 13.3 Å². The molecule has 0 amide bonds. The van der Waals surface area contributed by atoms with E-state index in [4.69, 9.17) is 0 Å². The summed E-state index contributed by atoms with van der Waals surface area (Å²) in [6.45, 7) is 2.32. The van der Waals surface area contributed by atoms with Crippen LogP contribution in [0.2, 0.25) is 0 Å². The largest absolute Gasteiger partial charge is 0.306 e. The van der Waals surface area contributed by atoms with Crippen LogP contribution >= 0.6 is 0 Å². The van der Waals surface area contributed by atoms with Crippen molar-refractivity contribution in [1.82, 2.24) is 4.90 Å². The highest BCUT2D eigenvalue weighted by molar-refractivity contribution is 4.75. The van der Waals surface area contributed by atoms with Gasteiger partial charge in [0.15, 0.2) is 0 Å². The SMILES string of the molecule is CCC1CCC(N(C)C)CC1. The molecule has 0 aromatic rings. The average molecular weight is 155 g/mol. The van der Waals surface area contributed by atoms with Crippen molar-refractivity contribution in [2.24, 2.45) is 5.92 Å². The average Bonchev–Trinajstić information content (AvgIpc) is 2.05. The second-order valence-electron chi connectivity index (χ2n) is 4.05. The van der Waals surface area contributed by atoms with Crippen LogP contribution in [0.25, 0.3) is 0 Å². The first-order valence-corrected chi connectivity index (χ1v) is 4.90. The Labute approximate surface area is 70.8 Å². The summed E-state index contributed by atoms with van der Waals surface area (Å²) < 4.78 is 0. The van der Waals surface area contributed by atoms with Gasteiger partial charge in [-0.3, -0.25) is 0 Å². The van der Waals surface area contributed by atoms with Crippen LogP contribution in [-0.2, 0) is 0 Å². The van der Waals surface area contributed by atoms with E-state index < -0.39 is 0 Å². The fourth-order valence-electron chi connectivity index (χ4n) is 2.07. The molecule has 0 heterocycles. The molecule has 11 heavy (non-hydrogen) atoms. The molecular weight excluding hydrogens is 134 g/mol. The molecule has 1 aliphatic carbocycles. The zero-order chi connectivity index (χ0) is 8.27. The van der Waals surface area contributed by atoms with Crippen molar-refractivity contribution in [3.8, 4) is 0 Å². The highest BCUT2D eigenvalue weighted by atomic mass is 15.1. The Balaban J connectivity index is 2.24. The van der Waals surface area contributed by atoms with Gasteiger partial charge < -0.3 is 4.90 Å². The fraction of sp³-hybridized carbons (Fsp3) is 1.00. The molecule has 1 fully saturated rings. The molecule has 0 aromatic heterocycles. The maximum absolute atomic E-state index is 2.38. The van der Waals surface area contributed by atoms with Crippen LogP contribution in [0.4, 0.5) is 0 Å². The summed E-state index contributed by atoms with van der Waals surface area (Å²) >= 11 is 0. The van der Waals surface area contributed by atoms with E-state index in [1.807, 2.05) is 0 Å². The molecule has 0 aromatic carbocycles. The van der Waals surface area contributed by atoms with E-state index in [1.165, 1.54) is 32.1 Å². The number of hydrogen-bond acceptors (Lipinski definition) is 1. The van der Waals surface area contributed by atoms with E-state index in [1.54, 1.807) is 0 Å². The molecule has 1 heteroatoms. The molecule has 1 aliphatic rings. The van der Waals surface area contributed by atoms with Gasteiger partial charge in [-0.25, -0.2) is 0 Å². The van der Waals surface area contributed by atoms with Gasteiger partial charge in [-0.2, -0.15) is 0 Å². The van der Waals surface area contributed by atoms with Crippen LogP contribution in [0.15, 0.2) is 0 Å². The second-order valence-corrected chi connectivity index (χ2v) is 4.05. The van der Waals surface area contributed by atoms with E-state index in [-0.39, 0.29) is 0 Å². The maximum atomic E-state index is 2.38. The van der Waals surface area contributed by atoms with Gasteiger partial charge in [0, 0.05) is 6.04 Å². The van der Waals surface area contributed by atoms with Crippen LogP contribution < -0.4 is 0 Å². The van der Waals surface area contributed by atoms with E-state index in [0.717, 1.165) is 12.0 Å². The molecule has 66 valence electrons. The number of nitrogens with zero attached hydrogens (tertiary/aromatic N) is 1. The molecule has 0 bridgehead atoms. The smallest absolute Gasteiger partial charge is 0.00893 e. The Kier molecular flexibility index (Phi) is 3.38. The Morgan fingerprint density at radius 3 is 2.00 bits per heavy atom. The number of rotatable bonds is 2. The van der Waals surface area contributed by atoms with Crippen LogP contribution in [-0.4, -0.2) is 25.0 Å². The maximum Gasteiger partial charge on any atom is 0.00893 e. The minimum absolute atomic E-state index is 0.873. The van der Waals surface area contributed by atoms with E-state index in [9.17, 15) is 0 Å².